The molecule has 162 valence electrons. The molecule has 0 fully saturated rings. The summed E-state index contributed by atoms with van der Waals surface area (Å²) in [6, 6.07) is 0. The first-order chi connectivity index (χ1) is 13.9. The number of rotatable bonds is 12. The standard InChI is InChI=1S/C20H32N4O5/c1-5-8-11-24-17-16(18(25)22-20(24)27)23(10-7-3)15(21-17)13-29-19(26)14(4)28-12-9-6-2/h14H,5-13H2,1-4H3,(H,22,25,27). The monoisotopic (exact) mass is 408 g/mol. The van der Waals surface area contributed by atoms with Gasteiger partial charge in [0.2, 0.25) is 0 Å². The molecule has 1 N–H and O–H groups in total. The zero-order valence-corrected chi connectivity index (χ0v) is 17.8. The van der Waals surface area contributed by atoms with Gasteiger partial charge < -0.3 is 14.0 Å². The minimum Gasteiger partial charge on any atom is -0.456 e. The number of imidazole rings is 1. The Bertz CT molecular complexity index is 927. The van der Waals surface area contributed by atoms with Gasteiger partial charge in [0.15, 0.2) is 17.3 Å². The summed E-state index contributed by atoms with van der Waals surface area (Å²) in [5.74, 6) is -0.0363. The van der Waals surface area contributed by atoms with Gasteiger partial charge in [-0.2, -0.15) is 0 Å². The Kier molecular flexibility index (Phi) is 8.63. The largest absolute Gasteiger partial charge is 0.456 e. The van der Waals surface area contributed by atoms with Gasteiger partial charge in [-0.05, 0) is 26.2 Å². The minimum atomic E-state index is -0.670. The third-order valence-corrected chi connectivity index (χ3v) is 4.69. The van der Waals surface area contributed by atoms with E-state index in [4.69, 9.17) is 9.47 Å². The summed E-state index contributed by atoms with van der Waals surface area (Å²) in [7, 11) is 0. The molecule has 0 aromatic carbocycles. The summed E-state index contributed by atoms with van der Waals surface area (Å²) in [6.07, 6.45) is 3.65. The molecule has 0 aliphatic heterocycles. The minimum absolute atomic E-state index is 0.0869. The highest BCUT2D eigenvalue weighted by molar-refractivity contribution is 5.74. The van der Waals surface area contributed by atoms with Gasteiger partial charge in [0, 0.05) is 19.7 Å². The lowest BCUT2D eigenvalue weighted by Crippen LogP contribution is -2.31. The molecule has 2 rings (SSSR count). The first-order valence-corrected chi connectivity index (χ1v) is 10.4. The number of unbranched alkanes of at least 4 members (excludes halogenated alkanes) is 2. The molecule has 0 radical (unpaired) electrons. The summed E-state index contributed by atoms with van der Waals surface area (Å²) >= 11 is 0. The summed E-state index contributed by atoms with van der Waals surface area (Å²) in [6.45, 7) is 9.11. The van der Waals surface area contributed by atoms with Gasteiger partial charge >= 0.3 is 11.7 Å². The Labute approximate surface area is 170 Å². The Morgan fingerprint density at radius 1 is 1.07 bits per heavy atom. The zero-order chi connectivity index (χ0) is 21.4. The highest BCUT2D eigenvalue weighted by atomic mass is 16.6. The van der Waals surface area contributed by atoms with E-state index in [0.29, 0.717) is 36.7 Å². The molecule has 0 saturated heterocycles. The maximum absolute atomic E-state index is 12.5. The van der Waals surface area contributed by atoms with E-state index < -0.39 is 23.3 Å². The number of aromatic nitrogens is 4. The van der Waals surface area contributed by atoms with Crippen LogP contribution in [0, 0.1) is 0 Å². The first-order valence-electron chi connectivity index (χ1n) is 10.4. The number of nitrogens with zero attached hydrogens (tertiary/aromatic N) is 3. The molecule has 0 spiro atoms. The lowest BCUT2D eigenvalue weighted by atomic mass is 10.3. The second kappa shape index (κ2) is 10.9. The highest BCUT2D eigenvalue weighted by Crippen LogP contribution is 2.14. The second-order valence-corrected chi connectivity index (χ2v) is 7.09. The van der Waals surface area contributed by atoms with Crippen LogP contribution in [0.4, 0.5) is 0 Å². The van der Waals surface area contributed by atoms with Crippen LogP contribution in [0.5, 0.6) is 0 Å². The van der Waals surface area contributed by atoms with Crippen LogP contribution in [-0.4, -0.2) is 37.8 Å². The number of aryl methyl sites for hydroxylation is 2. The van der Waals surface area contributed by atoms with Gasteiger partial charge in [-0.15, -0.1) is 0 Å². The molecule has 0 aliphatic rings. The Morgan fingerprint density at radius 3 is 2.45 bits per heavy atom. The van der Waals surface area contributed by atoms with E-state index in [1.54, 1.807) is 11.5 Å². The Morgan fingerprint density at radius 2 is 1.79 bits per heavy atom. The van der Waals surface area contributed by atoms with Crippen LogP contribution in [0.2, 0.25) is 0 Å². The number of carbonyl (C=O) groups excluding carboxylic acids is 1. The fourth-order valence-electron chi connectivity index (χ4n) is 3.04. The van der Waals surface area contributed by atoms with Crippen LogP contribution in [0.3, 0.4) is 0 Å². The molecule has 1 unspecified atom stereocenters. The molecule has 0 saturated carbocycles. The second-order valence-electron chi connectivity index (χ2n) is 7.09. The number of carbonyl (C=O) groups is 1. The van der Waals surface area contributed by atoms with Crippen molar-refractivity contribution in [1.29, 1.82) is 0 Å². The maximum atomic E-state index is 12.5. The van der Waals surface area contributed by atoms with Crippen molar-refractivity contribution in [3.63, 3.8) is 0 Å². The lowest BCUT2D eigenvalue weighted by Gasteiger charge is -2.13. The third kappa shape index (κ3) is 5.56. The van der Waals surface area contributed by atoms with E-state index >= 15 is 0 Å². The van der Waals surface area contributed by atoms with E-state index in [1.807, 2.05) is 20.8 Å². The molecule has 9 nitrogen and oxygen atoms in total. The first kappa shape index (κ1) is 22.9. The van der Waals surface area contributed by atoms with Gasteiger partial charge in [-0.1, -0.05) is 33.6 Å². The molecule has 9 heteroatoms. The predicted molar refractivity (Wildman–Crippen MR) is 110 cm³/mol. The van der Waals surface area contributed by atoms with Crippen LogP contribution in [0.15, 0.2) is 9.59 Å². The fourth-order valence-corrected chi connectivity index (χ4v) is 3.04. The summed E-state index contributed by atoms with van der Waals surface area (Å²) in [5.41, 5.74) is -0.286. The number of esters is 1. The number of aromatic amines is 1. The number of hydrogen-bond donors (Lipinski definition) is 1. The van der Waals surface area contributed by atoms with E-state index in [0.717, 1.165) is 32.1 Å². The summed E-state index contributed by atoms with van der Waals surface area (Å²) in [4.78, 5) is 43.8. The smallest absolute Gasteiger partial charge is 0.335 e. The highest BCUT2D eigenvalue weighted by Gasteiger charge is 2.21. The van der Waals surface area contributed by atoms with Crippen LogP contribution >= 0.6 is 0 Å². The molecule has 1 atom stereocenters. The van der Waals surface area contributed by atoms with Crippen molar-refractivity contribution in [2.24, 2.45) is 0 Å². The zero-order valence-electron chi connectivity index (χ0n) is 17.8. The number of hydrogen-bond acceptors (Lipinski definition) is 6. The Hall–Kier alpha value is -2.42. The van der Waals surface area contributed by atoms with Gasteiger partial charge in [0.05, 0.1) is 0 Å². The van der Waals surface area contributed by atoms with Gasteiger partial charge in [-0.3, -0.25) is 14.3 Å². The lowest BCUT2D eigenvalue weighted by molar-refractivity contribution is -0.157. The van der Waals surface area contributed by atoms with E-state index in [1.165, 1.54) is 4.57 Å². The number of ether oxygens (including phenoxy) is 2. The van der Waals surface area contributed by atoms with Crippen molar-refractivity contribution in [3.05, 3.63) is 26.7 Å². The molecule has 0 aliphatic carbocycles. The van der Waals surface area contributed by atoms with Crippen LogP contribution in [0.25, 0.3) is 11.2 Å². The molecule has 2 aromatic rings. The van der Waals surface area contributed by atoms with E-state index in [9.17, 15) is 14.4 Å². The van der Waals surface area contributed by atoms with Crippen LogP contribution in [-0.2, 0) is 34.0 Å². The normalized spacial score (nSPS) is 12.4. The molecular formula is C20H32N4O5. The van der Waals surface area contributed by atoms with Crippen LogP contribution < -0.4 is 11.2 Å². The SMILES string of the molecule is CCCCOC(C)C(=O)OCc1nc2c(c(=O)[nH]c(=O)n2CCCC)n1CCC. The number of nitrogens with one attached hydrogen (secondary N) is 1. The molecule has 2 aromatic heterocycles. The summed E-state index contributed by atoms with van der Waals surface area (Å²) < 4.78 is 14.1. The molecule has 29 heavy (non-hydrogen) atoms. The fraction of sp³-hybridized carbons (Fsp3) is 0.700. The van der Waals surface area contributed by atoms with Crippen LogP contribution in [0.1, 0.15) is 65.6 Å². The number of fused-ring (bicyclic) bond motifs is 1. The average molecular weight is 408 g/mol. The van der Waals surface area contributed by atoms with Gasteiger partial charge in [0.1, 0.15) is 12.4 Å². The molecule has 0 bridgehead atoms. The van der Waals surface area contributed by atoms with E-state index in [-0.39, 0.29) is 6.61 Å². The van der Waals surface area contributed by atoms with Crippen molar-refractivity contribution < 1.29 is 14.3 Å². The molecular weight excluding hydrogens is 376 g/mol. The summed E-state index contributed by atoms with van der Waals surface area (Å²) in [5, 5.41) is 0. The topological polar surface area (TPSA) is 108 Å². The van der Waals surface area contributed by atoms with Crippen molar-refractivity contribution >= 4 is 17.1 Å². The number of H-pyrrole nitrogens is 1. The van der Waals surface area contributed by atoms with Crippen molar-refractivity contribution in [1.82, 2.24) is 19.1 Å². The molecule has 2 heterocycles. The maximum Gasteiger partial charge on any atom is 0.335 e. The molecule has 0 amide bonds. The van der Waals surface area contributed by atoms with Gasteiger partial charge in [-0.25, -0.2) is 14.6 Å². The Balaban J connectivity index is 2.31. The average Bonchev–Trinajstić information content (AvgIpc) is 3.05. The van der Waals surface area contributed by atoms with Crippen molar-refractivity contribution in [3.8, 4) is 0 Å². The van der Waals surface area contributed by atoms with E-state index in [2.05, 4.69) is 9.97 Å². The quantitative estimate of drug-likeness (QED) is 0.427. The predicted octanol–water partition coefficient (Wildman–Crippen LogP) is 2.34. The van der Waals surface area contributed by atoms with Gasteiger partial charge in [0.25, 0.3) is 5.56 Å². The third-order valence-electron chi connectivity index (χ3n) is 4.69. The van der Waals surface area contributed by atoms with Crippen molar-refractivity contribution in [2.45, 2.75) is 85.6 Å². The van der Waals surface area contributed by atoms with Crippen molar-refractivity contribution in [2.75, 3.05) is 6.61 Å².